The van der Waals surface area contributed by atoms with E-state index in [1.807, 2.05) is 6.07 Å². The molecule has 1 aliphatic rings. The average molecular weight is 452 g/mol. The molecule has 2 heterocycles. The standard InChI is InChI=1S/C24H29N5O4/c1-15(2)19-13-25-28-21(12-20(17-9-10-17)26-22(19)28)27(23(30)33-24(3,4)5)14-16-7-6-8-18(11-16)29(31)32/h6-8,11-13,15,17H,9-10,14H2,1-5H3. The van der Waals surface area contributed by atoms with Crippen molar-refractivity contribution in [3.05, 3.63) is 63.5 Å². The van der Waals surface area contributed by atoms with Crippen LogP contribution in [0.2, 0.25) is 0 Å². The minimum absolute atomic E-state index is 0.0311. The van der Waals surface area contributed by atoms with Crippen LogP contribution in [-0.2, 0) is 11.3 Å². The number of hydrogen-bond donors (Lipinski definition) is 0. The zero-order valence-electron chi connectivity index (χ0n) is 19.6. The highest BCUT2D eigenvalue weighted by Gasteiger charge is 2.31. The Morgan fingerprint density at radius 1 is 1.30 bits per heavy atom. The maximum Gasteiger partial charge on any atom is 0.416 e. The highest BCUT2D eigenvalue weighted by atomic mass is 16.6. The quantitative estimate of drug-likeness (QED) is 0.358. The average Bonchev–Trinajstić information content (AvgIpc) is 3.49. The van der Waals surface area contributed by atoms with Gasteiger partial charge < -0.3 is 4.74 Å². The summed E-state index contributed by atoms with van der Waals surface area (Å²) in [6.07, 6.45) is 3.36. The molecule has 0 bridgehead atoms. The van der Waals surface area contributed by atoms with E-state index in [-0.39, 0.29) is 18.2 Å². The first-order valence-corrected chi connectivity index (χ1v) is 11.2. The van der Waals surface area contributed by atoms with Crippen LogP contribution in [0.5, 0.6) is 0 Å². The molecule has 0 saturated heterocycles. The lowest BCUT2D eigenvalue weighted by Gasteiger charge is -2.28. The second kappa shape index (κ2) is 8.46. The van der Waals surface area contributed by atoms with Crippen LogP contribution in [0.4, 0.5) is 16.3 Å². The van der Waals surface area contributed by atoms with Crippen molar-refractivity contribution in [2.24, 2.45) is 0 Å². The van der Waals surface area contributed by atoms with Gasteiger partial charge in [-0.15, -0.1) is 0 Å². The fourth-order valence-electron chi connectivity index (χ4n) is 3.68. The van der Waals surface area contributed by atoms with Crippen LogP contribution in [0.1, 0.15) is 76.1 Å². The molecule has 1 amide bonds. The normalized spacial score (nSPS) is 14.0. The Balaban J connectivity index is 1.85. The maximum atomic E-state index is 13.4. The van der Waals surface area contributed by atoms with E-state index in [9.17, 15) is 14.9 Å². The molecule has 1 fully saturated rings. The molecule has 1 saturated carbocycles. The predicted octanol–water partition coefficient (Wildman–Crippen LogP) is 5.58. The van der Waals surface area contributed by atoms with Crippen LogP contribution in [0, 0.1) is 10.1 Å². The Labute approximate surface area is 192 Å². The van der Waals surface area contributed by atoms with E-state index in [0.29, 0.717) is 17.3 Å². The van der Waals surface area contributed by atoms with Crippen molar-refractivity contribution < 1.29 is 14.5 Å². The SMILES string of the molecule is CC(C)c1cnn2c(N(Cc3cccc([N+](=O)[O-])c3)C(=O)OC(C)(C)C)cc(C3CC3)nc12. The summed E-state index contributed by atoms with van der Waals surface area (Å²) >= 11 is 0. The number of anilines is 1. The van der Waals surface area contributed by atoms with Crippen LogP contribution in [0.25, 0.3) is 5.65 Å². The van der Waals surface area contributed by atoms with Gasteiger partial charge in [-0.1, -0.05) is 26.0 Å². The first-order chi connectivity index (χ1) is 15.5. The lowest BCUT2D eigenvalue weighted by molar-refractivity contribution is -0.384. The van der Waals surface area contributed by atoms with Gasteiger partial charge in [0, 0.05) is 35.4 Å². The van der Waals surface area contributed by atoms with Crippen LogP contribution in [-0.4, -0.2) is 31.2 Å². The molecular formula is C24H29N5O4. The van der Waals surface area contributed by atoms with Gasteiger partial charge in [-0.3, -0.25) is 15.0 Å². The Morgan fingerprint density at radius 2 is 2.03 bits per heavy atom. The van der Waals surface area contributed by atoms with Crippen molar-refractivity contribution in [2.75, 3.05) is 4.90 Å². The van der Waals surface area contributed by atoms with Gasteiger partial charge in [-0.2, -0.15) is 9.61 Å². The molecule has 9 heteroatoms. The molecule has 174 valence electrons. The number of benzene rings is 1. The van der Waals surface area contributed by atoms with Crippen LogP contribution in [0.3, 0.4) is 0 Å². The van der Waals surface area contributed by atoms with Crippen LogP contribution < -0.4 is 4.90 Å². The first-order valence-electron chi connectivity index (χ1n) is 11.2. The highest BCUT2D eigenvalue weighted by Crippen LogP contribution is 2.41. The van der Waals surface area contributed by atoms with E-state index < -0.39 is 16.6 Å². The number of ether oxygens (including phenoxy) is 1. The number of hydrogen-bond acceptors (Lipinski definition) is 6. The molecule has 1 aromatic carbocycles. The van der Waals surface area contributed by atoms with Crippen molar-refractivity contribution in [3.63, 3.8) is 0 Å². The summed E-state index contributed by atoms with van der Waals surface area (Å²) in [5.41, 5.74) is 2.51. The number of non-ortho nitro benzene ring substituents is 1. The minimum atomic E-state index is -0.712. The zero-order valence-corrected chi connectivity index (χ0v) is 19.6. The Morgan fingerprint density at radius 3 is 2.64 bits per heavy atom. The van der Waals surface area contributed by atoms with Crippen molar-refractivity contribution >= 4 is 23.2 Å². The van der Waals surface area contributed by atoms with Crippen LogP contribution >= 0.6 is 0 Å². The molecule has 0 aliphatic heterocycles. The third kappa shape index (κ3) is 4.97. The summed E-state index contributed by atoms with van der Waals surface area (Å²) in [5.74, 6) is 1.11. The van der Waals surface area contributed by atoms with E-state index in [1.54, 1.807) is 43.6 Å². The van der Waals surface area contributed by atoms with E-state index >= 15 is 0 Å². The predicted molar refractivity (Wildman–Crippen MR) is 125 cm³/mol. The summed E-state index contributed by atoms with van der Waals surface area (Å²) in [6, 6.07) is 8.17. The number of rotatable bonds is 6. The number of nitro benzene ring substituents is 1. The number of amides is 1. The summed E-state index contributed by atoms with van der Waals surface area (Å²) in [4.78, 5) is 30.6. The molecule has 2 aromatic heterocycles. The summed E-state index contributed by atoms with van der Waals surface area (Å²) in [7, 11) is 0. The number of carbonyl (C=O) groups excluding carboxylic acids is 1. The fourth-order valence-corrected chi connectivity index (χ4v) is 3.68. The number of nitrogens with zero attached hydrogens (tertiary/aromatic N) is 5. The van der Waals surface area contributed by atoms with E-state index in [1.165, 1.54) is 17.0 Å². The summed E-state index contributed by atoms with van der Waals surface area (Å²) in [5, 5.41) is 15.8. The fraction of sp³-hybridized carbons (Fsp3) is 0.458. The van der Waals surface area contributed by atoms with Gasteiger partial charge in [-0.25, -0.2) is 9.78 Å². The van der Waals surface area contributed by atoms with Gasteiger partial charge in [0.15, 0.2) is 5.65 Å². The number of aromatic nitrogens is 3. The Hall–Kier alpha value is -3.49. The first kappa shape index (κ1) is 22.7. The van der Waals surface area contributed by atoms with Gasteiger partial charge in [0.1, 0.15) is 11.4 Å². The molecule has 33 heavy (non-hydrogen) atoms. The lowest BCUT2D eigenvalue weighted by atomic mass is 10.1. The van der Waals surface area contributed by atoms with Crippen molar-refractivity contribution in [3.8, 4) is 0 Å². The number of nitro groups is 1. The van der Waals surface area contributed by atoms with E-state index in [2.05, 4.69) is 18.9 Å². The third-order valence-electron chi connectivity index (χ3n) is 5.47. The number of carbonyl (C=O) groups is 1. The molecule has 0 N–H and O–H groups in total. The lowest BCUT2D eigenvalue weighted by Crippen LogP contribution is -2.37. The van der Waals surface area contributed by atoms with Gasteiger partial charge >= 0.3 is 6.09 Å². The molecule has 3 aromatic rings. The highest BCUT2D eigenvalue weighted by molar-refractivity contribution is 5.87. The van der Waals surface area contributed by atoms with Gasteiger partial charge in [0.05, 0.1) is 17.7 Å². The molecule has 0 unspecified atom stereocenters. The van der Waals surface area contributed by atoms with Crippen molar-refractivity contribution in [2.45, 2.75) is 71.4 Å². The van der Waals surface area contributed by atoms with Gasteiger partial charge in [0.25, 0.3) is 5.69 Å². The van der Waals surface area contributed by atoms with Crippen LogP contribution in [0.15, 0.2) is 36.5 Å². The smallest absolute Gasteiger partial charge is 0.416 e. The molecule has 0 radical (unpaired) electrons. The van der Waals surface area contributed by atoms with E-state index in [0.717, 1.165) is 29.7 Å². The van der Waals surface area contributed by atoms with Gasteiger partial charge in [-0.05, 0) is 45.1 Å². The molecule has 1 aliphatic carbocycles. The topological polar surface area (TPSA) is 103 Å². The zero-order chi connectivity index (χ0) is 23.9. The Kier molecular flexibility index (Phi) is 5.82. The van der Waals surface area contributed by atoms with Crippen molar-refractivity contribution in [1.82, 2.24) is 14.6 Å². The van der Waals surface area contributed by atoms with Gasteiger partial charge in [0.2, 0.25) is 0 Å². The molecule has 0 spiro atoms. The Bertz CT molecular complexity index is 1210. The molecular weight excluding hydrogens is 422 g/mol. The minimum Gasteiger partial charge on any atom is -0.443 e. The third-order valence-corrected chi connectivity index (χ3v) is 5.47. The summed E-state index contributed by atoms with van der Waals surface area (Å²) < 4.78 is 7.38. The molecule has 9 nitrogen and oxygen atoms in total. The summed E-state index contributed by atoms with van der Waals surface area (Å²) in [6.45, 7) is 9.67. The van der Waals surface area contributed by atoms with E-state index in [4.69, 9.17) is 9.72 Å². The maximum absolute atomic E-state index is 13.4. The molecule has 4 rings (SSSR count). The second-order valence-corrected chi connectivity index (χ2v) is 9.80. The second-order valence-electron chi connectivity index (χ2n) is 9.80. The molecule has 0 atom stereocenters. The number of fused-ring (bicyclic) bond motifs is 1. The monoisotopic (exact) mass is 451 g/mol. The largest absolute Gasteiger partial charge is 0.443 e. The van der Waals surface area contributed by atoms with Crippen molar-refractivity contribution in [1.29, 1.82) is 0 Å².